The van der Waals surface area contributed by atoms with E-state index in [4.69, 9.17) is 9.47 Å². The Bertz CT molecular complexity index is 472. The highest BCUT2D eigenvalue weighted by molar-refractivity contribution is 5.64. The van der Waals surface area contributed by atoms with Gasteiger partial charge in [-0.25, -0.2) is 0 Å². The highest BCUT2D eigenvalue weighted by Crippen LogP contribution is 2.28. The lowest BCUT2D eigenvalue weighted by Crippen LogP contribution is -2.17. The fraction of sp³-hybridized carbons (Fsp3) is 0.294. The first kappa shape index (κ1) is 14.3. The Kier molecular flexibility index (Phi) is 4.88. The number of anilines is 2. The van der Waals surface area contributed by atoms with E-state index in [9.17, 15) is 0 Å². The summed E-state index contributed by atoms with van der Waals surface area (Å²) in [6.45, 7) is 3.15. The van der Waals surface area contributed by atoms with E-state index in [1.54, 1.807) is 14.2 Å². The van der Waals surface area contributed by atoms with E-state index in [1.807, 2.05) is 24.3 Å². The predicted octanol–water partition coefficient (Wildman–Crippen LogP) is 4.25. The second kappa shape index (κ2) is 6.85. The third kappa shape index (κ3) is 3.23. The maximum absolute atomic E-state index is 5.21. The number of hydrogen-bond donors (Lipinski definition) is 0. The summed E-state index contributed by atoms with van der Waals surface area (Å²) in [4.78, 5) is 2.29. The smallest absolute Gasteiger partial charge is 0.119 e. The van der Waals surface area contributed by atoms with Gasteiger partial charge in [0.1, 0.15) is 11.5 Å². The minimum Gasteiger partial charge on any atom is -0.497 e. The van der Waals surface area contributed by atoms with Crippen LogP contribution in [-0.4, -0.2) is 20.8 Å². The lowest BCUT2D eigenvalue weighted by atomic mass is 10.2. The molecule has 0 heterocycles. The Morgan fingerprint density at radius 2 is 1.15 bits per heavy atom. The number of ether oxygens (including phenoxy) is 2. The van der Waals surface area contributed by atoms with Crippen LogP contribution in [0.4, 0.5) is 11.4 Å². The van der Waals surface area contributed by atoms with Crippen LogP contribution in [0.5, 0.6) is 11.5 Å². The van der Waals surface area contributed by atoms with E-state index in [2.05, 4.69) is 36.1 Å². The third-order valence-electron chi connectivity index (χ3n) is 3.22. The van der Waals surface area contributed by atoms with Crippen molar-refractivity contribution in [1.29, 1.82) is 0 Å². The Morgan fingerprint density at radius 1 is 0.750 bits per heavy atom. The molecular weight excluding hydrogens is 250 g/mol. The molecule has 2 aromatic carbocycles. The molecule has 0 aromatic heterocycles. The number of rotatable bonds is 6. The molecule has 2 aromatic rings. The summed E-state index contributed by atoms with van der Waals surface area (Å²) in [7, 11) is 3.37. The summed E-state index contributed by atoms with van der Waals surface area (Å²) in [5.74, 6) is 1.75. The van der Waals surface area contributed by atoms with Gasteiger partial charge in [0.15, 0.2) is 0 Å². The Balaban J connectivity index is 2.28. The van der Waals surface area contributed by atoms with Crippen LogP contribution in [0.1, 0.15) is 13.3 Å². The molecule has 106 valence electrons. The molecule has 0 N–H and O–H groups in total. The molecule has 0 fully saturated rings. The van der Waals surface area contributed by atoms with E-state index in [1.165, 1.54) is 0 Å². The largest absolute Gasteiger partial charge is 0.497 e. The van der Waals surface area contributed by atoms with Gasteiger partial charge < -0.3 is 14.4 Å². The summed E-state index contributed by atoms with van der Waals surface area (Å²) >= 11 is 0. The van der Waals surface area contributed by atoms with Crippen LogP contribution >= 0.6 is 0 Å². The summed E-state index contributed by atoms with van der Waals surface area (Å²) in [6.07, 6.45) is 1.08. The Morgan fingerprint density at radius 3 is 1.45 bits per heavy atom. The zero-order valence-corrected chi connectivity index (χ0v) is 12.3. The fourth-order valence-corrected chi connectivity index (χ4v) is 2.16. The lowest BCUT2D eigenvalue weighted by Gasteiger charge is -2.25. The SMILES string of the molecule is CCCN(c1ccc(OC)cc1)c1ccc(OC)cc1. The van der Waals surface area contributed by atoms with Crippen molar-refractivity contribution in [1.82, 2.24) is 0 Å². The maximum atomic E-state index is 5.21. The van der Waals surface area contributed by atoms with Crippen molar-refractivity contribution in [2.45, 2.75) is 13.3 Å². The fourth-order valence-electron chi connectivity index (χ4n) is 2.16. The molecule has 0 unspecified atom stereocenters. The molecule has 0 bridgehead atoms. The van der Waals surface area contributed by atoms with Crippen LogP contribution < -0.4 is 14.4 Å². The van der Waals surface area contributed by atoms with Crippen LogP contribution in [0.15, 0.2) is 48.5 Å². The number of benzene rings is 2. The molecule has 0 aliphatic rings. The second-order valence-corrected chi connectivity index (χ2v) is 4.55. The minimum atomic E-state index is 0.875. The van der Waals surface area contributed by atoms with Gasteiger partial charge in [0.05, 0.1) is 14.2 Å². The molecule has 3 nitrogen and oxygen atoms in total. The van der Waals surface area contributed by atoms with Crippen LogP contribution in [0, 0.1) is 0 Å². The van der Waals surface area contributed by atoms with Crippen LogP contribution in [0.25, 0.3) is 0 Å². The van der Waals surface area contributed by atoms with Crippen molar-refractivity contribution < 1.29 is 9.47 Å². The first-order valence-corrected chi connectivity index (χ1v) is 6.84. The van der Waals surface area contributed by atoms with Crippen molar-refractivity contribution in [3.63, 3.8) is 0 Å². The first-order chi connectivity index (χ1) is 9.78. The van der Waals surface area contributed by atoms with E-state index in [0.29, 0.717) is 0 Å². The average molecular weight is 271 g/mol. The molecule has 0 saturated carbocycles. The molecule has 20 heavy (non-hydrogen) atoms. The topological polar surface area (TPSA) is 21.7 Å². The summed E-state index contributed by atoms with van der Waals surface area (Å²) in [5.41, 5.74) is 2.33. The molecule has 0 atom stereocenters. The van der Waals surface area contributed by atoms with Crippen LogP contribution in [0.2, 0.25) is 0 Å². The van der Waals surface area contributed by atoms with Gasteiger partial charge in [0.2, 0.25) is 0 Å². The van der Waals surface area contributed by atoms with Gasteiger partial charge in [-0.15, -0.1) is 0 Å². The monoisotopic (exact) mass is 271 g/mol. The number of hydrogen-bond acceptors (Lipinski definition) is 3. The van der Waals surface area contributed by atoms with Crippen molar-refractivity contribution in [2.24, 2.45) is 0 Å². The second-order valence-electron chi connectivity index (χ2n) is 4.55. The van der Waals surface area contributed by atoms with Gasteiger partial charge >= 0.3 is 0 Å². The molecule has 0 saturated heterocycles. The van der Waals surface area contributed by atoms with Gasteiger partial charge in [-0.05, 0) is 55.0 Å². The first-order valence-electron chi connectivity index (χ1n) is 6.84. The molecule has 0 radical (unpaired) electrons. The van der Waals surface area contributed by atoms with Gasteiger partial charge in [0, 0.05) is 17.9 Å². The zero-order chi connectivity index (χ0) is 14.4. The van der Waals surface area contributed by atoms with Gasteiger partial charge in [-0.3, -0.25) is 0 Å². The quantitative estimate of drug-likeness (QED) is 0.784. The van der Waals surface area contributed by atoms with Gasteiger partial charge in [-0.2, -0.15) is 0 Å². The molecule has 0 aliphatic carbocycles. The van der Waals surface area contributed by atoms with Crippen molar-refractivity contribution >= 4 is 11.4 Å². The predicted molar refractivity (Wildman–Crippen MR) is 83.3 cm³/mol. The highest BCUT2D eigenvalue weighted by Gasteiger charge is 2.08. The minimum absolute atomic E-state index is 0.875. The van der Waals surface area contributed by atoms with Crippen molar-refractivity contribution in [3.05, 3.63) is 48.5 Å². The van der Waals surface area contributed by atoms with Crippen LogP contribution in [0.3, 0.4) is 0 Å². The molecular formula is C17H21NO2. The maximum Gasteiger partial charge on any atom is 0.119 e. The van der Waals surface area contributed by atoms with Crippen molar-refractivity contribution in [3.8, 4) is 11.5 Å². The molecule has 0 amide bonds. The Labute approximate surface area is 120 Å². The lowest BCUT2D eigenvalue weighted by molar-refractivity contribution is 0.415. The van der Waals surface area contributed by atoms with E-state index >= 15 is 0 Å². The molecule has 3 heteroatoms. The highest BCUT2D eigenvalue weighted by atomic mass is 16.5. The number of methoxy groups -OCH3 is 2. The summed E-state index contributed by atoms with van der Waals surface area (Å²) in [6, 6.07) is 16.3. The van der Waals surface area contributed by atoms with Crippen molar-refractivity contribution in [2.75, 3.05) is 25.7 Å². The average Bonchev–Trinajstić information content (AvgIpc) is 2.53. The zero-order valence-electron chi connectivity index (χ0n) is 12.3. The van der Waals surface area contributed by atoms with E-state index in [0.717, 1.165) is 35.8 Å². The normalized spacial score (nSPS) is 10.2. The third-order valence-corrected chi connectivity index (χ3v) is 3.22. The molecule has 0 spiro atoms. The number of nitrogens with zero attached hydrogens (tertiary/aromatic N) is 1. The van der Waals surface area contributed by atoms with E-state index < -0.39 is 0 Å². The molecule has 0 aliphatic heterocycles. The Hall–Kier alpha value is -2.16. The van der Waals surface area contributed by atoms with E-state index in [-0.39, 0.29) is 0 Å². The standard InChI is InChI=1S/C17H21NO2/c1-4-13-18(14-5-9-16(19-2)10-6-14)15-7-11-17(20-3)12-8-15/h5-12H,4,13H2,1-3H3. The molecule has 2 rings (SSSR count). The van der Waals surface area contributed by atoms with Gasteiger partial charge in [0.25, 0.3) is 0 Å². The summed E-state index contributed by atoms with van der Waals surface area (Å²) < 4.78 is 10.4. The van der Waals surface area contributed by atoms with Crippen LogP contribution in [-0.2, 0) is 0 Å². The van der Waals surface area contributed by atoms with Gasteiger partial charge in [-0.1, -0.05) is 6.92 Å². The summed E-state index contributed by atoms with van der Waals surface area (Å²) in [5, 5.41) is 0.